The number of rotatable bonds is 13. The van der Waals surface area contributed by atoms with E-state index in [1.54, 1.807) is 0 Å². The third kappa shape index (κ3) is 10.7. The predicted molar refractivity (Wildman–Crippen MR) is 117 cm³/mol. The van der Waals surface area contributed by atoms with Gasteiger partial charge in [-0.25, -0.2) is 0 Å². The van der Waals surface area contributed by atoms with Gasteiger partial charge in [0, 0.05) is 0 Å². The van der Waals surface area contributed by atoms with Crippen LogP contribution in [-0.2, 0) is 12.3 Å². The van der Waals surface area contributed by atoms with E-state index in [1.165, 1.54) is 37.8 Å². The molecule has 7 heteroatoms. The third-order valence-corrected chi connectivity index (χ3v) is 20.6. The van der Waals surface area contributed by atoms with Crippen molar-refractivity contribution >= 4 is 33.8 Å². The van der Waals surface area contributed by atoms with Gasteiger partial charge >= 0.3 is 17.1 Å². The van der Waals surface area contributed by atoms with Crippen LogP contribution in [0.4, 0.5) is 0 Å². The lowest BCUT2D eigenvalue weighted by molar-refractivity contribution is 0.321. The zero-order chi connectivity index (χ0) is 19.1. The van der Waals surface area contributed by atoms with E-state index in [0.717, 1.165) is 6.04 Å². The first-order chi connectivity index (χ1) is 10.8. The molecular weight excluding hydrogens is 365 g/mol. The minimum atomic E-state index is -2.16. The minimum absolute atomic E-state index is 1.01. The standard InChI is InChI=1S/C17H44O3Si4/c1-11-14-16-21(4,5)18-23(8,9)20-24(10,13-3)19-22(6,7)17-15-12-2/h11-17H2,1-10H3. The number of hydrogen-bond donors (Lipinski definition) is 0. The maximum atomic E-state index is 6.73. The van der Waals surface area contributed by atoms with E-state index >= 15 is 0 Å². The van der Waals surface area contributed by atoms with Crippen LogP contribution < -0.4 is 0 Å². The molecular formula is C17H44O3Si4. The van der Waals surface area contributed by atoms with E-state index in [9.17, 15) is 0 Å². The largest absolute Gasteiger partial charge is 0.436 e. The van der Waals surface area contributed by atoms with E-state index in [4.69, 9.17) is 12.3 Å². The van der Waals surface area contributed by atoms with E-state index in [-0.39, 0.29) is 0 Å². The Hall–Kier alpha value is 0.748. The highest BCUT2D eigenvalue weighted by Gasteiger charge is 2.44. The molecule has 0 saturated carbocycles. The fourth-order valence-electron chi connectivity index (χ4n) is 3.26. The molecule has 0 aromatic rings. The maximum absolute atomic E-state index is 6.73. The molecule has 0 bridgehead atoms. The molecule has 0 spiro atoms. The van der Waals surface area contributed by atoms with Gasteiger partial charge in [-0.2, -0.15) is 0 Å². The van der Waals surface area contributed by atoms with Gasteiger partial charge in [0.1, 0.15) is 0 Å². The summed E-state index contributed by atoms with van der Waals surface area (Å²) >= 11 is 0. The summed E-state index contributed by atoms with van der Waals surface area (Å²) in [5.41, 5.74) is 0. The fourth-order valence-corrected chi connectivity index (χ4v) is 22.9. The van der Waals surface area contributed by atoms with Gasteiger partial charge in [-0.3, -0.25) is 0 Å². The maximum Gasteiger partial charge on any atom is 0.315 e. The number of hydrogen-bond acceptors (Lipinski definition) is 3. The monoisotopic (exact) mass is 408 g/mol. The zero-order valence-electron chi connectivity index (χ0n) is 18.2. The van der Waals surface area contributed by atoms with E-state index in [0.29, 0.717) is 0 Å². The van der Waals surface area contributed by atoms with E-state index in [1.807, 2.05) is 0 Å². The normalized spacial score (nSPS) is 16.2. The topological polar surface area (TPSA) is 27.7 Å². The summed E-state index contributed by atoms with van der Waals surface area (Å²) in [5.74, 6) is 0. The van der Waals surface area contributed by atoms with Crippen LogP contribution in [-0.4, -0.2) is 33.8 Å². The van der Waals surface area contributed by atoms with E-state index < -0.39 is 33.8 Å². The van der Waals surface area contributed by atoms with Crippen molar-refractivity contribution in [2.75, 3.05) is 0 Å². The van der Waals surface area contributed by atoms with Crippen molar-refractivity contribution in [1.82, 2.24) is 0 Å². The molecule has 0 N–H and O–H groups in total. The Morgan fingerprint density at radius 1 is 0.583 bits per heavy atom. The van der Waals surface area contributed by atoms with Crippen LogP contribution in [0, 0.1) is 0 Å². The highest BCUT2D eigenvalue weighted by atomic mass is 28.5. The van der Waals surface area contributed by atoms with Crippen molar-refractivity contribution in [3.8, 4) is 0 Å². The Kier molecular flexibility index (Phi) is 10.5. The Labute approximate surface area is 156 Å². The smallest absolute Gasteiger partial charge is 0.315 e. The highest BCUT2D eigenvalue weighted by molar-refractivity contribution is 6.89. The minimum Gasteiger partial charge on any atom is -0.436 e. The van der Waals surface area contributed by atoms with Crippen LogP contribution in [0.5, 0.6) is 0 Å². The van der Waals surface area contributed by atoms with Gasteiger partial charge in [-0.1, -0.05) is 46.5 Å². The van der Waals surface area contributed by atoms with Crippen molar-refractivity contribution in [3.05, 3.63) is 0 Å². The lowest BCUT2D eigenvalue weighted by atomic mass is 10.4. The second-order valence-corrected chi connectivity index (χ2v) is 25.2. The van der Waals surface area contributed by atoms with Gasteiger partial charge in [0.2, 0.25) is 0 Å². The van der Waals surface area contributed by atoms with Gasteiger partial charge in [-0.15, -0.1) is 0 Å². The Balaban J connectivity index is 4.92. The quantitative estimate of drug-likeness (QED) is 0.312. The molecule has 24 heavy (non-hydrogen) atoms. The van der Waals surface area contributed by atoms with Gasteiger partial charge in [0.25, 0.3) is 0 Å². The summed E-state index contributed by atoms with van der Waals surface area (Å²) in [4.78, 5) is 0. The molecule has 0 saturated heterocycles. The third-order valence-electron chi connectivity index (χ3n) is 4.38. The molecule has 0 fully saturated rings. The van der Waals surface area contributed by atoms with Crippen molar-refractivity contribution in [2.24, 2.45) is 0 Å². The summed E-state index contributed by atoms with van der Waals surface area (Å²) in [6.07, 6.45) is 5.01. The van der Waals surface area contributed by atoms with Gasteiger partial charge < -0.3 is 12.3 Å². The Morgan fingerprint density at radius 3 is 1.38 bits per heavy atom. The van der Waals surface area contributed by atoms with Crippen molar-refractivity contribution in [2.45, 2.75) is 110 Å². The summed E-state index contributed by atoms with van der Waals surface area (Å²) in [6, 6.07) is 3.46. The predicted octanol–water partition coefficient (Wildman–Crippen LogP) is 6.84. The molecule has 1 atom stereocenters. The molecule has 0 heterocycles. The molecule has 146 valence electrons. The molecule has 0 aromatic carbocycles. The van der Waals surface area contributed by atoms with Gasteiger partial charge in [-0.05, 0) is 64.0 Å². The number of unbranched alkanes of at least 4 members (excludes halogenated alkanes) is 2. The summed E-state index contributed by atoms with van der Waals surface area (Å²) < 4.78 is 20.1. The van der Waals surface area contributed by atoms with Crippen molar-refractivity contribution in [1.29, 1.82) is 0 Å². The first kappa shape index (κ1) is 24.7. The molecule has 1 unspecified atom stereocenters. The molecule has 0 aliphatic heterocycles. The van der Waals surface area contributed by atoms with Crippen LogP contribution in [0.25, 0.3) is 0 Å². The fraction of sp³-hybridized carbons (Fsp3) is 1.00. The Morgan fingerprint density at radius 2 is 1.00 bits per heavy atom. The molecule has 3 nitrogen and oxygen atoms in total. The second kappa shape index (κ2) is 10.2. The van der Waals surface area contributed by atoms with Crippen molar-refractivity contribution < 1.29 is 12.3 Å². The summed E-state index contributed by atoms with van der Waals surface area (Å²) in [7, 11) is -7.59. The summed E-state index contributed by atoms with van der Waals surface area (Å²) in [6.45, 7) is 22.8. The zero-order valence-corrected chi connectivity index (χ0v) is 22.2. The first-order valence-electron chi connectivity index (χ1n) is 9.91. The second-order valence-electron chi connectivity index (χ2n) is 8.92. The first-order valence-corrected chi connectivity index (χ1v) is 21.5. The highest BCUT2D eigenvalue weighted by Crippen LogP contribution is 2.29. The average molecular weight is 409 g/mol. The molecule has 0 amide bonds. The average Bonchev–Trinajstić information content (AvgIpc) is 2.40. The van der Waals surface area contributed by atoms with Crippen LogP contribution in [0.15, 0.2) is 0 Å². The van der Waals surface area contributed by atoms with Gasteiger partial charge in [0.15, 0.2) is 16.6 Å². The van der Waals surface area contributed by atoms with Crippen molar-refractivity contribution in [3.63, 3.8) is 0 Å². The van der Waals surface area contributed by atoms with Crippen LogP contribution in [0.1, 0.15) is 46.5 Å². The van der Waals surface area contributed by atoms with Crippen LogP contribution >= 0.6 is 0 Å². The molecule has 0 radical (unpaired) electrons. The lowest BCUT2D eigenvalue weighted by Crippen LogP contribution is -2.57. The van der Waals surface area contributed by atoms with Gasteiger partial charge in [0.05, 0.1) is 0 Å². The van der Waals surface area contributed by atoms with E-state index in [2.05, 4.69) is 66.6 Å². The lowest BCUT2D eigenvalue weighted by Gasteiger charge is -2.42. The SMILES string of the molecule is CCCC[Si](C)(C)O[Si](C)(C)O[Si](C)(CC)O[Si](C)(C)CCCC. The van der Waals surface area contributed by atoms with Crippen LogP contribution in [0.2, 0.25) is 64.0 Å². The molecule has 0 rings (SSSR count). The summed E-state index contributed by atoms with van der Waals surface area (Å²) in [5, 5.41) is 0. The van der Waals surface area contributed by atoms with Crippen LogP contribution in [0.3, 0.4) is 0 Å². The Bertz CT molecular complexity index is 362. The molecule has 0 aromatic heterocycles. The molecule has 0 aliphatic rings. The molecule has 0 aliphatic carbocycles.